The minimum absolute atomic E-state index is 0.0625. The number of imidazole rings is 1. The van der Waals surface area contributed by atoms with Crippen LogP contribution in [-0.2, 0) is 24.2 Å². The summed E-state index contributed by atoms with van der Waals surface area (Å²) in [5, 5.41) is 25.6. The molecule has 18 nitrogen and oxygen atoms in total. The number of benzene rings is 3. The maximum absolute atomic E-state index is 12.9. The highest BCUT2D eigenvalue weighted by Crippen LogP contribution is 2.22. The quantitative estimate of drug-likeness (QED) is 0.101. The van der Waals surface area contributed by atoms with Crippen molar-refractivity contribution in [3.05, 3.63) is 118 Å². The van der Waals surface area contributed by atoms with Crippen LogP contribution in [0.5, 0.6) is 5.75 Å². The zero-order valence-electron chi connectivity index (χ0n) is 31.8. The smallest absolute Gasteiger partial charge is 0.326 e. The number of nitrogens with one attached hydrogen (secondary N) is 4. The third-order valence-corrected chi connectivity index (χ3v) is 9.67. The van der Waals surface area contributed by atoms with Gasteiger partial charge in [-0.2, -0.15) is 20.2 Å². The molecule has 18 heteroatoms. The Bertz CT molecular complexity index is 2510. The minimum Gasteiger partial charge on any atom is -0.497 e. The van der Waals surface area contributed by atoms with Crippen LogP contribution < -0.4 is 25.8 Å². The topological polar surface area (TPSA) is 234 Å². The van der Waals surface area contributed by atoms with Gasteiger partial charge in [-0.05, 0) is 47.5 Å². The number of hydrogen-bond acceptors (Lipinski definition) is 14. The van der Waals surface area contributed by atoms with E-state index in [1.165, 1.54) is 12.4 Å². The molecule has 3 aromatic carbocycles. The molecule has 1 amide bonds. The number of carbonyl (C=O) groups excluding carboxylic acids is 1. The lowest BCUT2D eigenvalue weighted by molar-refractivity contribution is -0.137. The standard InChI is InChI=1S/C40H41N13O5/c1-51(15-12-33-45-30-11-10-29(58-2)22-31(30)46-33)40-49-38(48-39(50-40)47-32(37(56)57)21-25-6-8-26(23-41)9-7-25)44-28-5-3-4-27(20-28)24-52-16-18-53(19-17-52)36(55)34-35(54)43-14-13-42-34/h3-11,13-14,20,22,32H,12,15-19,21,24H2,1-2H3,(H,43,54)(H,45,46)(H,56,57)(H2,44,47,48,49,50)/t32-/m0/s1. The van der Waals surface area contributed by atoms with Gasteiger partial charge in [-0.25, -0.2) is 14.8 Å². The number of ether oxygens (including phenoxy) is 1. The van der Waals surface area contributed by atoms with Crippen molar-refractivity contribution in [2.75, 3.05) is 62.4 Å². The van der Waals surface area contributed by atoms with Crippen LogP contribution in [-0.4, -0.2) is 115 Å². The van der Waals surface area contributed by atoms with E-state index < -0.39 is 17.6 Å². The third kappa shape index (κ3) is 9.52. The number of nitrogens with zero attached hydrogens (tertiary/aromatic N) is 9. The Labute approximate surface area is 332 Å². The SMILES string of the molecule is COc1ccc2nc(CCN(C)c3nc(Nc4cccc(CN5CCN(C(=O)c6ncc[nH]c6=O)CC5)c4)nc(N[C@@H](Cc4ccc(C#N)cc4)C(=O)O)n3)[nH]c2c1. The lowest BCUT2D eigenvalue weighted by atomic mass is 10.0. The van der Waals surface area contributed by atoms with Crippen molar-refractivity contribution in [1.82, 2.24) is 44.7 Å². The molecule has 0 radical (unpaired) electrons. The second kappa shape index (κ2) is 17.6. The van der Waals surface area contributed by atoms with Crippen molar-refractivity contribution >= 4 is 46.4 Å². The number of aromatic amines is 2. The normalized spacial score (nSPS) is 13.4. The second-order valence-electron chi connectivity index (χ2n) is 13.7. The molecule has 0 unspecified atom stereocenters. The summed E-state index contributed by atoms with van der Waals surface area (Å²) < 4.78 is 5.34. The van der Waals surface area contributed by atoms with Crippen molar-refractivity contribution in [2.24, 2.45) is 0 Å². The first-order chi connectivity index (χ1) is 28.1. The highest BCUT2D eigenvalue weighted by Gasteiger charge is 2.25. The van der Waals surface area contributed by atoms with Crippen LogP contribution in [0.2, 0.25) is 0 Å². The van der Waals surface area contributed by atoms with Crippen molar-refractivity contribution in [2.45, 2.75) is 25.4 Å². The number of carbonyl (C=O) groups is 2. The molecule has 58 heavy (non-hydrogen) atoms. The maximum atomic E-state index is 12.9. The van der Waals surface area contributed by atoms with Gasteiger partial charge >= 0.3 is 5.97 Å². The molecular weight excluding hydrogens is 743 g/mol. The number of carboxylic acid groups (broad SMARTS) is 1. The Morgan fingerprint density at radius 2 is 1.79 bits per heavy atom. The maximum Gasteiger partial charge on any atom is 0.326 e. The highest BCUT2D eigenvalue weighted by atomic mass is 16.5. The van der Waals surface area contributed by atoms with Crippen molar-refractivity contribution in [3.8, 4) is 11.8 Å². The first kappa shape index (κ1) is 38.9. The fraction of sp³-hybridized carbons (Fsp3) is 0.275. The van der Waals surface area contributed by atoms with Crippen LogP contribution in [0.25, 0.3) is 11.0 Å². The molecule has 1 aliphatic heterocycles. The number of likely N-dealkylation sites (N-methyl/N-ethyl adjacent to an activating group) is 1. The molecule has 4 heterocycles. The van der Waals surface area contributed by atoms with Crippen LogP contribution in [0.15, 0.2) is 83.9 Å². The largest absolute Gasteiger partial charge is 0.497 e. The van der Waals surface area contributed by atoms with Gasteiger partial charge in [0.05, 0.1) is 29.8 Å². The number of amides is 1. The van der Waals surface area contributed by atoms with Gasteiger partial charge in [0.1, 0.15) is 17.6 Å². The summed E-state index contributed by atoms with van der Waals surface area (Å²) in [6.07, 6.45) is 3.44. The van der Waals surface area contributed by atoms with Crippen LogP contribution in [0.3, 0.4) is 0 Å². The molecule has 3 aromatic heterocycles. The van der Waals surface area contributed by atoms with E-state index in [0.717, 1.165) is 33.7 Å². The lowest BCUT2D eigenvalue weighted by Crippen LogP contribution is -2.49. The van der Waals surface area contributed by atoms with E-state index in [9.17, 15) is 24.8 Å². The van der Waals surface area contributed by atoms with Crippen LogP contribution >= 0.6 is 0 Å². The average molecular weight is 784 g/mol. The molecular formula is C40H41N13O5. The number of nitriles is 1. The van der Waals surface area contributed by atoms with Crippen molar-refractivity contribution in [3.63, 3.8) is 0 Å². The molecule has 0 saturated carbocycles. The Morgan fingerprint density at radius 3 is 2.53 bits per heavy atom. The summed E-state index contributed by atoms with van der Waals surface area (Å²) in [6.45, 7) is 3.22. The van der Waals surface area contributed by atoms with Crippen LogP contribution in [0, 0.1) is 11.3 Å². The van der Waals surface area contributed by atoms with E-state index in [1.54, 1.807) is 36.3 Å². The molecule has 0 bridgehead atoms. The number of aromatic nitrogens is 7. The van der Waals surface area contributed by atoms with Crippen molar-refractivity contribution < 1.29 is 19.4 Å². The van der Waals surface area contributed by atoms with E-state index in [4.69, 9.17) is 14.7 Å². The molecule has 296 valence electrons. The molecule has 1 fully saturated rings. The van der Waals surface area contributed by atoms with E-state index >= 15 is 0 Å². The summed E-state index contributed by atoms with van der Waals surface area (Å²) in [4.78, 5) is 71.6. The number of methoxy groups -OCH3 is 1. The van der Waals surface area contributed by atoms with Crippen LogP contribution in [0.4, 0.5) is 23.5 Å². The number of H-pyrrole nitrogens is 2. The number of rotatable bonds is 15. The molecule has 0 aliphatic carbocycles. The number of fused-ring (bicyclic) bond motifs is 1. The zero-order chi connectivity index (χ0) is 40.6. The summed E-state index contributed by atoms with van der Waals surface area (Å²) in [6, 6.07) is 21.1. The molecule has 5 N–H and O–H groups in total. The molecule has 6 aromatic rings. The first-order valence-electron chi connectivity index (χ1n) is 18.5. The first-order valence-corrected chi connectivity index (χ1v) is 18.5. The minimum atomic E-state index is -1.10. The number of piperazine rings is 1. The predicted octanol–water partition coefficient (Wildman–Crippen LogP) is 3.20. The van der Waals surface area contributed by atoms with E-state index in [-0.39, 0.29) is 29.9 Å². The summed E-state index contributed by atoms with van der Waals surface area (Å²) >= 11 is 0. The number of aliphatic carboxylic acids is 1. The highest BCUT2D eigenvalue weighted by molar-refractivity contribution is 5.92. The number of anilines is 4. The van der Waals surface area contributed by atoms with E-state index in [0.29, 0.717) is 62.9 Å². The molecule has 1 aliphatic rings. The molecule has 0 spiro atoms. The zero-order valence-corrected chi connectivity index (χ0v) is 31.8. The second-order valence-corrected chi connectivity index (χ2v) is 13.7. The fourth-order valence-corrected chi connectivity index (χ4v) is 6.52. The summed E-state index contributed by atoms with van der Waals surface area (Å²) in [5.41, 5.74) is 3.97. The van der Waals surface area contributed by atoms with Gasteiger partial charge in [0.15, 0.2) is 5.69 Å². The molecule has 7 rings (SSSR count). The van der Waals surface area contributed by atoms with E-state index in [1.807, 2.05) is 54.4 Å². The fourth-order valence-electron chi connectivity index (χ4n) is 6.52. The number of carboxylic acids is 1. The Kier molecular flexibility index (Phi) is 11.8. The van der Waals surface area contributed by atoms with E-state index in [2.05, 4.69) is 46.5 Å². The van der Waals surface area contributed by atoms with Gasteiger partial charge in [-0.3, -0.25) is 14.5 Å². The molecule has 1 saturated heterocycles. The van der Waals surface area contributed by atoms with Gasteiger partial charge in [0, 0.05) is 83.3 Å². The Hall–Kier alpha value is -7.39. The summed E-state index contributed by atoms with van der Waals surface area (Å²) in [7, 11) is 3.45. The van der Waals surface area contributed by atoms with Gasteiger partial charge < -0.3 is 40.2 Å². The predicted molar refractivity (Wildman–Crippen MR) is 215 cm³/mol. The van der Waals surface area contributed by atoms with Gasteiger partial charge in [0.25, 0.3) is 11.5 Å². The third-order valence-electron chi connectivity index (χ3n) is 9.67. The van der Waals surface area contributed by atoms with Gasteiger partial charge in [-0.1, -0.05) is 24.3 Å². The summed E-state index contributed by atoms with van der Waals surface area (Å²) in [5.74, 6) is 0.572. The van der Waals surface area contributed by atoms with Crippen molar-refractivity contribution in [1.29, 1.82) is 5.26 Å². The van der Waals surface area contributed by atoms with Gasteiger partial charge in [-0.15, -0.1) is 0 Å². The van der Waals surface area contributed by atoms with Crippen LogP contribution in [0.1, 0.15) is 33.0 Å². The Balaban J connectivity index is 1.07. The Morgan fingerprint density at radius 1 is 1.00 bits per heavy atom. The monoisotopic (exact) mass is 783 g/mol. The lowest BCUT2D eigenvalue weighted by Gasteiger charge is -2.34. The molecule has 1 atom stereocenters. The van der Waals surface area contributed by atoms with Gasteiger partial charge in [0.2, 0.25) is 17.8 Å². The average Bonchev–Trinajstić information content (AvgIpc) is 3.65. The number of hydrogen-bond donors (Lipinski definition) is 5.